The molecule has 0 heterocycles. The van der Waals surface area contributed by atoms with Gasteiger partial charge in [-0.2, -0.15) is 0 Å². The van der Waals surface area contributed by atoms with Crippen molar-refractivity contribution in [1.29, 1.82) is 0 Å². The number of anilines is 1. The summed E-state index contributed by atoms with van der Waals surface area (Å²) in [6.45, 7) is 6.79. The zero-order chi connectivity index (χ0) is 13.3. The highest BCUT2D eigenvalue weighted by atomic mass is 32.2. The number of rotatable bonds is 3. The lowest BCUT2D eigenvalue weighted by Crippen LogP contribution is -2.33. The van der Waals surface area contributed by atoms with Gasteiger partial charge in [0.25, 0.3) is 0 Å². The van der Waals surface area contributed by atoms with Crippen LogP contribution < -0.4 is 4.72 Å². The van der Waals surface area contributed by atoms with Crippen LogP contribution in [0.1, 0.15) is 33.3 Å². The maximum Gasteiger partial charge on any atom is 0.237 e. The molecule has 96 valence electrons. The first-order valence-electron chi connectivity index (χ1n) is 5.51. The molecule has 1 rings (SSSR count). The van der Waals surface area contributed by atoms with Crippen molar-refractivity contribution in [3.63, 3.8) is 0 Å². The minimum Gasteiger partial charge on any atom is -0.506 e. The third-order valence-corrected chi connectivity index (χ3v) is 4.62. The Morgan fingerprint density at radius 2 is 1.88 bits per heavy atom. The van der Waals surface area contributed by atoms with Crippen LogP contribution >= 0.6 is 0 Å². The molecule has 0 saturated heterocycles. The Balaban J connectivity index is 3.12. The normalized spacial score (nSPS) is 12.5. The molecule has 0 spiro atoms. The van der Waals surface area contributed by atoms with Gasteiger partial charge in [0.15, 0.2) is 0 Å². The molecule has 17 heavy (non-hydrogen) atoms. The van der Waals surface area contributed by atoms with E-state index >= 15 is 0 Å². The molecule has 0 fully saturated rings. The smallest absolute Gasteiger partial charge is 0.237 e. The molecule has 0 saturated carbocycles. The molecule has 0 aromatic heterocycles. The quantitative estimate of drug-likeness (QED) is 0.818. The Morgan fingerprint density at radius 1 is 1.29 bits per heavy atom. The van der Waals surface area contributed by atoms with Gasteiger partial charge >= 0.3 is 0 Å². The Bertz CT molecular complexity index is 501. The molecule has 0 bridgehead atoms. The lowest BCUT2D eigenvalue weighted by atomic mass is 10.1. The lowest BCUT2D eigenvalue weighted by Gasteiger charge is -2.21. The van der Waals surface area contributed by atoms with Crippen LogP contribution in [0, 0.1) is 0 Å². The predicted molar refractivity (Wildman–Crippen MR) is 69.8 cm³/mol. The van der Waals surface area contributed by atoms with E-state index in [-0.39, 0.29) is 11.4 Å². The van der Waals surface area contributed by atoms with E-state index in [1.54, 1.807) is 32.9 Å². The number of benzene rings is 1. The number of sulfonamides is 1. The van der Waals surface area contributed by atoms with Crippen molar-refractivity contribution in [2.45, 2.75) is 38.9 Å². The molecule has 0 radical (unpaired) electrons. The molecule has 1 aromatic rings. The van der Waals surface area contributed by atoms with Gasteiger partial charge in [0, 0.05) is 0 Å². The fourth-order valence-electron chi connectivity index (χ4n) is 1.18. The molecular weight excluding hydrogens is 238 g/mol. The summed E-state index contributed by atoms with van der Waals surface area (Å²) >= 11 is 0. The first-order chi connectivity index (χ1) is 7.67. The van der Waals surface area contributed by atoms with Gasteiger partial charge in [0.1, 0.15) is 5.75 Å². The third-order valence-electron chi connectivity index (χ3n) is 2.52. The Labute approximate surface area is 103 Å². The summed E-state index contributed by atoms with van der Waals surface area (Å²) in [6, 6.07) is 4.92. The SMILES string of the molecule is CCc1ccc(O)c(NS(=O)(=O)C(C)(C)C)c1. The van der Waals surface area contributed by atoms with Crippen LogP contribution in [0.25, 0.3) is 0 Å². The minimum atomic E-state index is -3.51. The standard InChI is InChI=1S/C12H19NO3S/c1-5-9-6-7-11(14)10(8-9)13-17(15,16)12(2,3)4/h6-8,13-14H,5H2,1-4H3. The molecule has 0 atom stereocenters. The molecule has 1 aromatic carbocycles. The average molecular weight is 257 g/mol. The average Bonchev–Trinajstić information content (AvgIpc) is 2.19. The summed E-state index contributed by atoms with van der Waals surface area (Å²) in [5, 5.41) is 9.63. The van der Waals surface area contributed by atoms with Gasteiger partial charge in [-0.15, -0.1) is 0 Å². The second-order valence-electron chi connectivity index (χ2n) is 4.92. The van der Waals surface area contributed by atoms with Gasteiger partial charge in [-0.3, -0.25) is 4.72 Å². The fourth-order valence-corrected chi connectivity index (χ4v) is 1.94. The third kappa shape index (κ3) is 3.12. The van der Waals surface area contributed by atoms with E-state index in [2.05, 4.69) is 4.72 Å². The number of aryl methyl sites for hydroxylation is 1. The molecule has 2 N–H and O–H groups in total. The largest absolute Gasteiger partial charge is 0.506 e. The summed E-state index contributed by atoms with van der Waals surface area (Å²) in [4.78, 5) is 0. The Morgan fingerprint density at radius 3 is 2.35 bits per heavy atom. The summed E-state index contributed by atoms with van der Waals surface area (Å²) in [6.07, 6.45) is 0.782. The monoisotopic (exact) mass is 257 g/mol. The minimum absolute atomic E-state index is 0.0602. The van der Waals surface area contributed by atoms with Gasteiger partial charge in [0.05, 0.1) is 10.4 Å². The van der Waals surface area contributed by atoms with Gasteiger partial charge < -0.3 is 5.11 Å². The first kappa shape index (κ1) is 13.8. The van der Waals surface area contributed by atoms with Crippen LogP contribution in [-0.2, 0) is 16.4 Å². The van der Waals surface area contributed by atoms with Crippen molar-refractivity contribution >= 4 is 15.7 Å². The molecule has 0 aliphatic heterocycles. The van der Waals surface area contributed by atoms with Crippen molar-refractivity contribution < 1.29 is 13.5 Å². The van der Waals surface area contributed by atoms with Crippen molar-refractivity contribution in [2.75, 3.05) is 4.72 Å². The van der Waals surface area contributed by atoms with Crippen molar-refractivity contribution in [3.05, 3.63) is 23.8 Å². The summed E-state index contributed by atoms with van der Waals surface area (Å²) in [7, 11) is -3.51. The number of aromatic hydroxyl groups is 1. The maximum atomic E-state index is 12.0. The number of hydrogen-bond acceptors (Lipinski definition) is 3. The maximum absolute atomic E-state index is 12.0. The molecule has 0 aliphatic rings. The zero-order valence-electron chi connectivity index (χ0n) is 10.6. The topological polar surface area (TPSA) is 66.4 Å². The first-order valence-corrected chi connectivity index (χ1v) is 7.00. The van der Waals surface area contributed by atoms with Crippen LogP contribution in [0.2, 0.25) is 0 Å². The van der Waals surface area contributed by atoms with E-state index in [1.807, 2.05) is 6.92 Å². The van der Waals surface area contributed by atoms with Crippen LogP contribution in [0.4, 0.5) is 5.69 Å². The van der Waals surface area contributed by atoms with Gasteiger partial charge in [-0.05, 0) is 44.9 Å². The van der Waals surface area contributed by atoms with Crippen LogP contribution in [-0.4, -0.2) is 18.3 Å². The van der Waals surface area contributed by atoms with E-state index in [0.29, 0.717) is 0 Å². The second kappa shape index (κ2) is 4.56. The molecule has 0 aliphatic carbocycles. The highest BCUT2D eigenvalue weighted by Crippen LogP contribution is 2.28. The van der Waals surface area contributed by atoms with E-state index in [9.17, 15) is 13.5 Å². The predicted octanol–water partition coefficient (Wildman–Crippen LogP) is 2.49. The second-order valence-corrected chi connectivity index (χ2v) is 7.36. The molecule has 0 unspecified atom stereocenters. The van der Waals surface area contributed by atoms with Crippen LogP contribution in [0.5, 0.6) is 5.75 Å². The van der Waals surface area contributed by atoms with Crippen LogP contribution in [0.3, 0.4) is 0 Å². The zero-order valence-corrected chi connectivity index (χ0v) is 11.4. The van der Waals surface area contributed by atoms with E-state index in [1.165, 1.54) is 6.07 Å². The molecule has 4 nitrogen and oxygen atoms in total. The number of nitrogens with one attached hydrogen (secondary N) is 1. The van der Waals surface area contributed by atoms with Gasteiger partial charge in [-0.1, -0.05) is 13.0 Å². The van der Waals surface area contributed by atoms with Crippen molar-refractivity contribution in [1.82, 2.24) is 0 Å². The highest BCUT2D eigenvalue weighted by Gasteiger charge is 2.29. The number of hydrogen-bond donors (Lipinski definition) is 2. The van der Waals surface area contributed by atoms with Crippen molar-refractivity contribution in [2.24, 2.45) is 0 Å². The molecule has 5 heteroatoms. The molecular formula is C12H19NO3S. The van der Waals surface area contributed by atoms with Gasteiger partial charge in [-0.25, -0.2) is 8.42 Å². The van der Waals surface area contributed by atoms with Crippen molar-refractivity contribution in [3.8, 4) is 5.75 Å². The Kier molecular flexibility index (Phi) is 3.71. The van der Waals surface area contributed by atoms with Crippen LogP contribution in [0.15, 0.2) is 18.2 Å². The summed E-state index contributed by atoms with van der Waals surface area (Å²) < 4.78 is 25.4. The van der Waals surface area contributed by atoms with E-state index < -0.39 is 14.8 Å². The van der Waals surface area contributed by atoms with E-state index in [4.69, 9.17) is 0 Å². The fraction of sp³-hybridized carbons (Fsp3) is 0.500. The Hall–Kier alpha value is -1.23. The highest BCUT2D eigenvalue weighted by molar-refractivity contribution is 7.94. The summed E-state index contributed by atoms with van der Waals surface area (Å²) in [5.74, 6) is -0.0602. The number of phenols is 1. The number of phenolic OH excluding ortho intramolecular Hbond substituents is 1. The summed E-state index contributed by atoms with van der Waals surface area (Å²) in [5.41, 5.74) is 1.20. The molecule has 0 amide bonds. The van der Waals surface area contributed by atoms with E-state index in [0.717, 1.165) is 12.0 Å². The lowest BCUT2D eigenvalue weighted by molar-refractivity contribution is 0.477. The van der Waals surface area contributed by atoms with Gasteiger partial charge in [0.2, 0.25) is 10.0 Å².